The van der Waals surface area contributed by atoms with Crippen LogP contribution in [0.3, 0.4) is 0 Å². The Kier molecular flexibility index (Phi) is 12.7. The van der Waals surface area contributed by atoms with Crippen LogP contribution in [0.25, 0.3) is 0 Å². The molecule has 0 unspecified atom stereocenters. The highest BCUT2D eigenvalue weighted by atomic mass is 35.5. The number of hydrogen-bond donors (Lipinski definition) is 2. The Bertz CT molecular complexity index is 1310. The average molecular weight is 602 g/mol. The predicted octanol–water partition coefficient (Wildman–Crippen LogP) is 4.96. The standard InChI is InChI=1S/C29H34Cl2N6O2S/c1-3-24(19-36(29(40)34-12-5-13-39-2)18-23-6-4-7-26(30)28(23)31)35-27(38)14-25-16-33-20-37(25)17-22-10-8-21(15-32)9-11-22/h4,6-11,16,20,24H,3,5,12-14,17-19H2,1-2H3,(H,34,40)(H,35,38)/t24-/m0/s1. The molecule has 3 rings (SSSR count). The molecule has 0 fully saturated rings. The van der Waals surface area contributed by atoms with E-state index in [0.717, 1.165) is 23.2 Å². The van der Waals surface area contributed by atoms with Gasteiger partial charge in [-0.3, -0.25) is 4.79 Å². The highest BCUT2D eigenvalue weighted by Crippen LogP contribution is 2.26. The van der Waals surface area contributed by atoms with Gasteiger partial charge in [-0.1, -0.05) is 54.4 Å². The van der Waals surface area contributed by atoms with Gasteiger partial charge >= 0.3 is 0 Å². The summed E-state index contributed by atoms with van der Waals surface area (Å²) in [7, 11) is 1.67. The van der Waals surface area contributed by atoms with Gasteiger partial charge in [-0.15, -0.1) is 0 Å². The third-order valence-corrected chi connectivity index (χ3v) is 7.62. The van der Waals surface area contributed by atoms with Crippen LogP contribution >= 0.6 is 35.4 Å². The number of imidazole rings is 1. The molecule has 1 amide bonds. The second-order valence-corrected chi connectivity index (χ2v) is 10.5. The highest BCUT2D eigenvalue weighted by molar-refractivity contribution is 7.80. The topological polar surface area (TPSA) is 95.2 Å². The smallest absolute Gasteiger partial charge is 0.226 e. The number of aromatic nitrogens is 2. The van der Waals surface area contributed by atoms with Gasteiger partial charge in [0.15, 0.2) is 5.11 Å². The predicted molar refractivity (Wildman–Crippen MR) is 162 cm³/mol. The number of carbonyl (C=O) groups excluding carboxylic acids is 1. The first-order valence-corrected chi connectivity index (χ1v) is 14.2. The quantitative estimate of drug-likeness (QED) is 0.199. The Morgan fingerprint density at radius 2 is 2.02 bits per heavy atom. The van der Waals surface area contributed by atoms with Crippen LogP contribution in [-0.4, -0.2) is 58.3 Å². The summed E-state index contributed by atoms with van der Waals surface area (Å²) in [5.41, 5.74) is 3.28. The van der Waals surface area contributed by atoms with Crippen molar-refractivity contribution in [3.8, 4) is 6.07 Å². The minimum atomic E-state index is -0.154. The summed E-state index contributed by atoms with van der Waals surface area (Å²) in [5, 5.41) is 17.0. The van der Waals surface area contributed by atoms with Crippen molar-refractivity contribution in [3.63, 3.8) is 0 Å². The van der Waals surface area contributed by atoms with E-state index in [1.165, 1.54) is 0 Å². The van der Waals surface area contributed by atoms with Crippen molar-refractivity contribution in [1.29, 1.82) is 5.26 Å². The van der Waals surface area contributed by atoms with Crippen LogP contribution in [0.4, 0.5) is 0 Å². The van der Waals surface area contributed by atoms with Crippen molar-refractivity contribution in [3.05, 3.63) is 87.4 Å². The van der Waals surface area contributed by atoms with Crippen molar-refractivity contribution < 1.29 is 9.53 Å². The number of hydrogen-bond acceptors (Lipinski definition) is 5. The number of nitrogens with one attached hydrogen (secondary N) is 2. The molecular formula is C29H34Cl2N6O2S. The van der Waals surface area contributed by atoms with E-state index in [0.29, 0.717) is 59.9 Å². The van der Waals surface area contributed by atoms with Crippen molar-refractivity contribution in [2.75, 3.05) is 26.8 Å². The van der Waals surface area contributed by atoms with E-state index < -0.39 is 0 Å². The monoisotopic (exact) mass is 600 g/mol. The number of thiocarbonyl (C=S) groups is 1. The third kappa shape index (κ3) is 9.49. The molecule has 0 saturated carbocycles. The lowest BCUT2D eigenvalue weighted by molar-refractivity contribution is -0.121. The van der Waals surface area contributed by atoms with Gasteiger partial charge in [0, 0.05) is 57.8 Å². The van der Waals surface area contributed by atoms with Gasteiger partial charge in [0.2, 0.25) is 5.91 Å². The first kappa shape index (κ1) is 31.4. The summed E-state index contributed by atoms with van der Waals surface area (Å²) in [6, 6.07) is 14.9. The van der Waals surface area contributed by atoms with E-state index in [2.05, 4.69) is 21.7 Å². The van der Waals surface area contributed by atoms with E-state index in [9.17, 15) is 4.79 Å². The number of carbonyl (C=O) groups is 1. The van der Waals surface area contributed by atoms with Crippen molar-refractivity contribution >= 4 is 46.4 Å². The number of halogens is 2. The van der Waals surface area contributed by atoms with E-state index in [1.54, 1.807) is 37.8 Å². The number of benzene rings is 2. The molecule has 3 aromatic rings. The minimum Gasteiger partial charge on any atom is -0.385 e. The summed E-state index contributed by atoms with van der Waals surface area (Å²) in [6.45, 7) is 4.82. The molecule has 11 heteroatoms. The molecule has 8 nitrogen and oxygen atoms in total. The molecule has 0 saturated heterocycles. The first-order valence-electron chi connectivity index (χ1n) is 13.1. The second kappa shape index (κ2) is 16.2. The van der Waals surface area contributed by atoms with Gasteiger partial charge in [-0.25, -0.2) is 4.98 Å². The largest absolute Gasteiger partial charge is 0.385 e. The fraction of sp³-hybridized carbons (Fsp3) is 0.379. The van der Waals surface area contributed by atoms with Crippen molar-refractivity contribution in [2.45, 2.75) is 45.3 Å². The Labute approximate surface area is 251 Å². The Hall–Kier alpha value is -3.16. The molecule has 0 spiro atoms. The van der Waals surface area contributed by atoms with E-state index >= 15 is 0 Å². The molecule has 212 valence electrons. The fourth-order valence-corrected chi connectivity index (χ4v) is 4.75. The van der Waals surface area contributed by atoms with E-state index in [1.807, 2.05) is 40.7 Å². The van der Waals surface area contributed by atoms with E-state index in [4.69, 9.17) is 45.4 Å². The second-order valence-electron chi connectivity index (χ2n) is 9.34. The highest BCUT2D eigenvalue weighted by Gasteiger charge is 2.20. The molecule has 0 radical (unpaired) electrons. The summed E-state index contributed by atoms with van der Waals surface area (Å²) in [6.07, 6.45) is 5.13. The normalized spacial score (nSPS) is 11.5. The number of nitrogens with zero attached hydrogens (tertiary/aromatic N) is 4. The zero-order valence-electron chi connectivity index (χ0n) is 22.7. The first-order chi connectivity index (χ1) is 19.3. The van der Waals surface area contributed by atoms with Gasteiger partial charge in [0.05, 0.1) is 34.4 Å². The molecular weight excluding hydrogens is 567 g/mol. The number of ether oxygens (including phenoxy) is 1. The van der Waals surface area contributed by atoms with Gasteiger partial charge in [0.25, 0.3) is 0 Å². The maximum absolute atomic E-state index is 13.1. The maximum Gasteiger partial charge on any atom is 0.226 e. The van der Waals surface area contributed by atoms with Crippen molar-refractivity contribution in [1.82, 2.24) is 25.1 Å². The molecule has 0 aliphatic carbocycles. The van der Waals surface area contributed by atoms with Gasteiger partial charge in [-0.05, 0) is 54.4 Å². The lowest BCUT2D eigenvalue weighted by Gasteiger charge is -2.30. The summed E-state index contributed by atoms with van der Waals surface area (Å²) < 4.78 is 7.07. The zero-order chi connectivity index (χ0) is 28.9. The molecule has 0 aliphatic rings. The van der Waals surface area contributed by atoms with Crippen LogP contribution in [0.1, 0.15) is 42.1 Å². The molecule has 1 atom stereocenters. The van der Waals surface area contributed by atoms with Gasteiger partial charge in [0.1, 0.15) is 0 Å². The summed E-state index contributed by atoms with van der Waals surface area (Å²) in [4.78, 5) is 19.4. The van der Waals surface area contributed by atoms with Crippen LogP contribution in [0.15, 0.2) is 55.0 Å². The van der Waals surface area contributed by atoms with Crippen LogP contribution in [-0.2, 0) is 29.0 Å². The molecule has 2 N–H and O–H groups in total. The fourth-order valence-electron chi connectivity index (χ4n) is 4.12. The SMILES string of the molecule is CC[C@@H](CN(Cc1cccc(Cl)c1Cl)C(=S)NCCCOC)NC(=O)Cc1cncn1Cc1ccc(C#N)cc1. The molecule has 1 heterocycles. The zero-order valence-corrected chi connectivity index (χ0v) is 25.0. The molecule has 0 bridgehead atoms. The molecule has 1 aromatic heterocycles. The summed E-state index contributed by atoms with van der Waals surface area (Å²) in [5.74, 6) is -0.104. The molecule has 40 heavy (non-hydrogen) atoms. The number of methoxy groups -OCH3 is 1. The molecule has 0 aliphatic heterocycles. The lowest BCUT2D eigenvalue weighted by Crippen LogP contribution is -2.48. The summed E-state index contributed by atoms with van der Waals surface area (Å²) >= 11 is 18.5. The van der Waals surface area contributed by atoms with Crippen LogP contribution in [0.5, 0.6) is 0 Å². The Morgan fingerprint density at radius 3 is 2.73 bits per heavy atom. The van der Waals surface area contributed by atoms with Crippen molar-refractivity contribution in [2.24, 2.45) is 0 Å². The lowest BCUT2D eigenvalue weighted by atomic mass is 10.1. The number of nitriles is 1. The Balaban J connectivity index is 1.66. The van der Waals surface area contributed by atoms with Gasteiger partial charge in [-0.2, -0.15) is 5.26 Å². The van der Waals surface area contributed by atoms with Crippen LogP contribution in [0.2, 0.25) is 10.0 Å². The number of rotatable bonds is 14. The van der Waals surface area contributed by atoms with E-state index in [-0.39, 0.29) is 18.4 Å². The van der Waals surface area contributed by atoms with Crippen LogP contribution < -0.4 is 10.6 Å². The average Bonchev–Trinajstić information content (AvgIpc) is 3.38. The molecule has 2 aromatic carbocycles. The van der Waals surface area contributed by atoms with Crippen LogP contribution in [0, 0.1) is 11.3 Å². The minimum absolute atomic E-state index is 0.104. The third-order valence-electron chi connectivity index (χ3n) is 6.36. The Morgan fingerprint density at radius 1 is 1.25 bits per heavy atom. The maximum atomic E-state index is 13.1. The number of amides is 1. The van der Waals surface area contributed by atoms with Gasteiger partial charge < -0.3 is 24.8 Å².